The van der Waals surface area contributed by atoms with Gasteiger partial charge >= 0.3 is 0 Å². The molecule has 0 saturated heterocycles. The molecular weight excluding hydrogens is 291 g/mol. The van der Waals surface area contributed by atoms with Gasteiger partial charge in [0.05, 0.1) is 9.90 Å². The number of thiophene rings is 1. The van der Waals surface area contributed by atoms with Gasteiger partial charge in [-0.15, -0.1) is 11.3 Å². The lowest BCUT2D eigenvalue weighted by molar-refractivity contribution is 0.101. The number of halogens is 2. The SMILES string of the molecule is O=C(c1cc2cc(Cl)cc(Cl)c2o1)c1cccs1. The molecule has 0 aliphatic rings. The molecule has 0 atom stereocenters. The number of fused-ring (bicyclic) bond motifs is 1. The fourth-order valence-corrected chi connectivity index (χ4v) is 2.93. The van der Waals surface area contributed by atoms with Gasteiger partial charge in [0.1, 0.15) is 0 Å². The summed E-state index contributed by atoms with van der Waals surface area (Å²) in [4.78, 5) is 12.7. The van der Waals surface area contributed by atoms with E-state index in [2.05, 4.69) is 0 Å². The molecule has 0 saturated carbocycles. The largest absolute Gasteiger partial charge is 0.451 e. The van der Waals surface area contributed by atoms with Crippen LogP contribution in [0, 0.1) is 0 Å². The van der Waals surface area contributed by atoms with Crippen LogP contribution in [0.5, 0.6) is 0 Å². The van der Waals surface area contributed by atoms with Crippen LogP contribution in [0.25, 0.3) is 11.0 Å². The van der Waals surface area contributed by atoms with Gasteiger partial charge in [0.25, 0.3) is 0 Å². The Hall–Kier alpha value is -1.29. The van der Waals surface area contributed by atoms with Gasteiger partial charge in [-0.05, 0) is 29.6 Å². The monoisotopic (exact) mass is 296 g/mol. The number of carbonyl (C=O) groups excluding carboxylic acids is 1. The molecule has 0 aliphatic heterocycles. The molecular formula is C13H6Cl2O2S. The van der Waals surface area contributed by atoms with Crippen molar-refractivity contribution in [3.05, 3.63) is 56.4 Å². The molecule has 18 heavy (non-hydrogen) atoms. The third-order valence-electron chi connectivity index (χ3n) is 2.50. The molecule has 0 amide bonds. The van der Waals surface area contributed by atoms with Crippen molar-refractivity contribution in [2.75, 3.05) is 0 Å². The fraction of sp³-hybridized carbons (Fsp3) is 0. The van der Waals surface area contributed by atoms with E-state index in [1.165, 1.54) is 11.3 Å². The maximum absolute atomic E-state index is 12.1. The minimum absolute atomic E-state index is 0.145. The Morgan fingerprint density at radius 1 is 1.22 bits per heavy atom. The van der Waals surface area contributed by atoms with Crippen molar-refractivity contribution in [3.63, 3.8) is 0 Å². The summed E-state index contributed by atoms with van der Waals surface area (Å²) in [5.74, 6) is 0.130. The Balaban J connectivity index is 2.14. The van der Waals surface area contributed by atoms with Gasteiger partial charge in [0.2, 0.25) is 5.78 Å². The highest BCUT2D eigenvalue weighted by atomic mass is 35.5. The van der Waals surface area contributed by atoms with Crippen LogP contribution < -0.4 is 0 Å². The Morgan fingerprint density at radius 2 is 2.06 bits per heavy atom. The quantitative estimate of drug-likeness (QED) is 0.621. The molecule has 0 spiro atoms. The summed E-state index contributed by atoms with van der Waals surface area (Å²) in [5, 5.41) is 3.50. The van der Waals surface area contributed by atoms with Crippen molar-refractivity contribution < 1.29 is 9.21 Å². The first-order valence-electron chi connectivity index (χ1n) is 5.12. The van der Waals surface area contributed by atoms with Gasteiger partial charge in [-0.2, -0.15) is 0 Å². The molecule has 5 heteroatoms. The molecule has 0 fully saturated rings. The van der Waals surface area contributed by atoms with E-state index in [9.17, 15) is 4.79 Å². The van der Waals surface area contributed by atoms with Gasteiger partial charge in [-0.25, -0.2) is 0 Å². The molecule has 0 bridgehead atoms. The highest BCUT2D eigenvalue weighted by molar-refractivity contribution is 7.12. The van der Waals surface area contributed by atoms with Crippen LogP contribution in [-0.4, -0.2) is 5.78 Å². The van der Waals surface area contributed by atoms with E-state index in [0.29, 0.717) is 20.5 Å². The van der Waals surface area contributed by atoms with E-state index in [1.54, 1.807) is 24.3 Å². The van der Waals surface area contributed by atoms with Crippen molar-refractivity contribution in [1.29, 1.82) is 0 Å². The lowest BCUT2D eigenvalue weighted by atomic mass is 10.2. The summed E-state index contributed by atoms with van der Waals surface area (Å²) >= 11 is 13.3. The smallest absolute Gasteiger partial charge is 0.238 e. The Morgan fingerprint density at radius 3 is 2.78 bits per heavy atom. The zero-order chi connectivity index (χ0) is 12.7. The normalized spacial score (nSPS) is 11.0. The summed E-state index contributed by atoms with van der Waals surface area (Å²) in [7, 11) is 0. The third-order valence-corrected chi connectivity index (χ3v) is 3.87. The van der Waals surface area contributed by atoms with Gasteiger partial charge in [-0.1, -0.05) is 29.3 Å². The van der Waals surface area contributed by atoms with E-state index in [1.807, 2.05) is 11.4 Å². The molecule has 2 nitrogen and oxygen atoms in total. The average Bonchev–Trinajstić information content (AvgIpc) is 2.96. The fourth-order valence-electron chi connectivity index (χ4n) is 1.72. The topological polar surface area (TPSA) is 30.2 Å². The van der Waals surface area contributed by atoms with Crippen molar-refractivity contribution in [2.24, 2.45) is 0 Å². The highest BCUT2D eigenvalue weighted by Gasteiger charge is 2.17. The highest BCUT2D eigenvalue weighted by Crippen LogP contribution is 2.31. The van der Waals surface area contributed by atoms with E-state index in [-0.39, 0.29) is 11.5 Å². The van der Waals surface area contributed by atoms with Crippen LogP contribution >= 0.6 is 34.5 Å². The lowest BCUT2D eigenvalue weighted by Gasteiger charge is -1.93. The number of hydrogen-bond donors (Lipinski definition) is 0. The number of rotatable bonds is 2. The Kier molecular flexibility index (Phi) is 2.90. The molecule has 0 unspecified atom stereocenters. The second kappa shape index (κ2) is 4.43. The lowest BCUT2D eigenvalue weighted by Crippen LogP contribution is -1.95. The molecule has 3 aromatic rings. The first-order valence-corrected chi connectivity index (χ1v) is 6.75. The summed E-state index contributed by atoms with van der Waals surface area (Å²) in [5.41, 5.74) is 0.487. The molecule has 0 N–H and O–H groups in total. The van der Waals surface area contributed by atoms with E-state index >= 15 is 0 Å². The van der Waals surface area contributed by atoms with Gasteiger partial charge in [-0.3, -0.25) is 4.79 Å². The molecule has 2 heterocycles. The van der Waals surface area contributed by atoms with Crippen LogP contribution in [0.4, 0.5) is 0 Å². The number of carbonyl (C=O) groups is 1. The number of hydrogen-bond acceptors (Lipinski definition) is 3. The molecule has 0 aliphatic carbocycles. The van der Waals surface area contributed by atoms with E-state index in [0.717, 1.165) is 5.39 Å². The van der Waals surface area contributed by atoms with E-state index < -0.39 is 0 Å². The first-order chi connectivity index (χ1) is 8.65. The molecule has 2 aromatic heterocycles. The van der Waals surface area contributed by atoms with Crippen LogP contribution in [-0.2, 0) is 0 Å². The minimum Gasteiger partial charge on any atom is -0.451 e. The van der Waals surface area contributed by atoms with Crippen LogP contribution in [0.1, 0.15) is 15.4 Å². The number of benzene rings is 1. The summed E-state index contributed by atoms with van der Waals surface area (Å²) in [6, 6.07) is 8.56. The third kappa shape index (κ3) is 1.94. The minimum atomic E-state index is -0.145. The maximum Gasteiger partial charge on any atom is 0.238 e. The Bertz CT molecular complexity index is 729. The summed E-state index contributed by atoms with van der Waals surface area (Å²) in [6.45, 7) is 0. The summed E-state index contributed by atoms with van der Waals surface area (Å²) < 4.78 is 5.51. The maximum atomic E-state index is 12.1. The second-order valence-corrected chi connectivity index (χ2v) is 5.51. The van der Waals surface area contributed by atoms with Gasteiger partial charge < -0.3 is 4.42 Å². The molecule has 0 radical (unpaired) electrons. The van der Waals surface area contributed by atoms with Crippen molar-refractivity contribution in [3.8, 4) is 0 Å². The van der Waals surface area contributed by atoms with Crippen molar-refractivity contribution >= 4 is 51.3 Å². The second-order valence-electron chi connectivity index (χ2n) is 3.72. The predicted molar refractivity (Wildman–Crippen MR) is 74.0 cm³/mol. The van der Waals surface area contributed by atoms with Crippen molar-refractivity contribution in [2.45, 2.75) is 0 Å². The van der Waals surface area contributed by atoms with Crippen LogP contribution in [0.2, 0.25) is 10.0 Å². The van der Waals surface area contributed by atoms with Crippen molar-refractivity contribution in [1.82, 2.24) is 0 Å². The molecule has 3 rings (SSSR count). The number of furan rings is 1. The average molecular weight is 297 g/mol. The van der Waals surface area contributed by atoms with Crippen LogP contribution in [0.15, 0.2) is 40.1 Å². The predicted octanol–water partition coefficient (Wildman–Crippen LogP) is 5.03. The molecule has 1 aromatic carbocycles. The summed E-state index contributed by atoms with van der Waals surface area (Å²) in [6.07, 6.45) is 0. The van der Waals surface area contributed by atoms with E-state index in [4.69, 9.17) is 27.6 Å². The van der Waals surface area contributed by atoms with Gasteiger partial charge in [0.15, 0.2) is 11.3 Å². The number of ketones is 1. The van der Waals surface area contributed by atoms with Crippen LogP contribution in [0.3, 0.4) is 0 Å². The zero-order valence-corrected chi connectivity index (χ0v) is 11.3. The first kappa shape index (κ1) is 11.8. The zero-order valence-electron chi connectivity index (χ0n) is 8.94. The Labute approximate surface area is 117 Å². The standard InChI is InChI=1S/C13H6Cl2O2S/c14-8-4-7-5-10(17-13(7)9(15)6-8)12(16)11-2-1-3-18-11/h1-6H. The molecule has 90 valence electrons. The van der Waals surface area contributed by atoms with Gasteiger partial charge in [0, 0.05) is 10.4 Å².